The van der Waals surface area contributed by atoms with Gasteiger partial charge in [-0.15, -0.1) is 0 Å². The van der Waals surface area contributed by atoms with E-state index in [1.807, 2.05) is 6.92 Å². The number of hydrogen-bond acceptors (Lipinski definition) is 4. The molecule has 14 heavy (non-hydrogen) atoms. The molecule has 0 spiro atoms. The van der Waals surface area contributed by atoms with Crippen LogP contribution in [0.25, 0.3) is 0 Å². The Balaban J connectivity index is 2.97. The molecule has 1 aliphatic rings. The molecule has 1 heterocycles. The van der Waals surface area contributed by atoms with E-state index in [0.29, 0.717) is 17.0 Å². The van der Waals surface area contributed by atoms with Gasteiger partial charge in [0.25, 0.3) is 11.8 Å². The van der Waals surface area contributed by atoms with Crippen LogP contribution in [-0.2, 0) is 9.59 Å². The standard InChI is InChI=1S/C8H13N3O2S/c1-3-8(7(10)13)11-4(2)5(14-8)6(9)12/h11H,3H2,1-2H3,(H2,9,12)(H2,10,13). The fraction of sp³-hybridized carbons (Fsp3) is 0.500. The molecule has 0 fully saturated rings. The van der Waals surface area contributed by atoms with Gasteiger partial charge in [0.15, 0.2) is 4.87 Å². The van der Waals surface area contributed by atoms with E-state index in [1.165, 1.54) is 0 Å². The Morgan fingerprint density at radius 2 is 2.07 bits per heavy atom. The van der Waals surface area contributed by atoms with E-state index in [2.05, 4.69) is 5.32 Å². The van der Waals surface area contributed by atoms with Crippen LogP contribution in [0.1, 0.15) is 20.3 Å². The number of allylic oxidation sites excluding steroid dienone is 1. The molecule has 0 aromatic heterocycles. The number of hydrogen-bond donors (Lipinski definition) is 3. The highest BCUT2D eigenvalue weighted by atomic mass is 32.2. The maximum absolute atomic E-state index is 11.2. The maximum atomic E-state index is 11.2. The van der Waals surface area contributed by atoms with E-state index >= 15 is 0 Å². The van der Waals surface area contributed by atoms with Gasteiger partial charge in [0.2, 0.25) is 0 Å². The molecule has 1 unspecified atom stereocenters. The summed E-state index contributed by atoms with van der Waals surface area (Å²) in [5, 5.41) is 2.92. The van der Waals surface area contributed by atoms with Crippen LogP contribution >= 0.6 is 11.8 Å². The van der Waals surface area contributed by atoms with Crippen molar-refractivity contribution in [3.05, 3.63) is 10.6 Å². The smallest absolute Gasteiger partial charge is 0.256 e. The number of carbonyl (C=O) groups excluding carboxylic acids is 2. The van der Waals surface area contributed by atoms with Gasteiger partial charge in [0.1, 0.15) is 0 Å². The zero-order chi connectivity index (χ0) is 10.9. The third kappa shape index (κ3) is 1.57. The number of primary amides is 2. The number of nitrogens with one attached hydrogen (secondary N) is 1. The Morgan fingerprint density at radius 1 is 1.50 bits per heavy atom. The molecule has 1 atom stereocenters. The number of rotatable bonds is 3. The van der Waals surface area contributed by atoms with Gasteiger partial charge < -0.3 is 16.8 Å². The highest BCUT2D eigenvalue weighted by molar-refractivity contribution is 8.06. The first-order valence-electron chi connectivity index (χ1n) is 4.20. The molecule has 0 aliphatic carbocycles. The van der Waals surface area contributed by atoms with Crippen LogP contribution in [0.3, 0.4) is 0 Å². The molecule has 0 aromatic rings. The predicted molar refractivity (Wildman–Crippen MR) is 54.8 cm³/mol. The van der Waals surface area contributed by atoms with Gasteiger partial charge in [0, 0.05) is 5.70 Å². The van der Waals surface area contributed by atoms with E-state index in [-0.39, 0.29) is 0 Å². The maximum Gasteiger partial charge on any atom is 0.256 e. The minimum atomic E-state index is -0.908. The first-order valence-corrected chi connectivity index (χ1v) is 5.02. The molecule has 2 amide bonds. The first-order chi connectivity index (χ1) is 6.43. The zero-order valence-corrected chi connectivity index (χ0v) is 8.90. The van der Waals surface area contributed by atoms with Crippen LogP contribution < -0.4 is 16.8 Å². The van der Waals surface area contributed by atoms with Crippen LogP contribution in [0.15, 0.2) is 10.6 Å². The largest absolute Gasteiger partial charge is 0.367 e. The van der Waals surface area contributed by atoms with Crippen molar-refractivity contribution >= 4 is 23.6 Å². The van der Waals surface area contributed by atoms with Crippen molar-refractivity contribution in [3.8, 4) is 0 Å². The zero-order valence-electron chi connectivity index (χ0n) is 8.09. The lowest BCUT2D eigenvalue weighted by Crippen LogP contribution is -2.48. The topological polar surface area (TPSA) is 98.2 Å². The summed E-state index contributed by atoms with van der Waals surface area (Å²) in [6, 6.07) is 0. The molecule has 5 N–H and O–H groups in total. The van der Waals surface area contributed by atoms with E-state index < -0.39 is 16.7 Å². The van der Waals surface area contributed by atoms with Gasteiger partial charge in [-0.2, -0.15) is 0 Å². The summed E-state index contributed by atoms with van der Waals surface area (Å²) in [4.78, 5) is 21.7. The van der Waals surface area contributed by atoms with Gasteiger partial charge in [0.05, 0.1) is 4.91 Å². The summed E-state index contributed by atoms with van der Waals surface area (Å²) in [7, 11) is 0. The highest BCUT2D eigenvalue weighted by Crippen LogP contribution is 2.40. The van der Waals surface area contributed by atoms with E-state index in [1.54, 1.807) is 6.92 Å². The van der Waals surface area contributed by atoms with Gasteiger partial charge in [-0.05, 0) is 13.3 Å². The van der Waals surface area contributed by atoms with Crippen molar-refractivity contribution in [2.75, 3.05) is 0 Å². The minimum absolute atomic E-state index is 0.380. The second-order valence-corrected chi connectivity index (χ2v) is 4.40. The predicted octanol–water partition coefficient (Wildman–Crippen LogP) is -0.369. The van der Waals surface area contributed by atoms with Crippen LogP contribution in [0.4, 0.5) is 0 Å². The van der Waals surface area contributed by atoms with Gasteiger partial charge in [-0.3, -0.25) is 9.59 Å². The summed E-state index contributed by atoms with van der Waals surface area (Å²) in [5.41, 5.74) is 11.0. The average Bonchev–Trinajstić information content (AvgIpc) is 2.44. The molecule has 0 saturated heterocycles. The van der Waals surface area contributed by atoms with Crippen LogP contribution in [0.5, 0.6) is 0 Å². The Hall–Kier alpha value is -1.17. The Bertz CT molecular complexity index is 327. The molecule has 0 aromatic carbocycles. The number of thioether (sulfide) groups is 1. The van der Waals surface area contributed by atoms with Crippen molar-refractivity contribution < 1.29 is 9.59 Å². The lowest BCUT2D eigenvalue weighted by atomic mass is 10.2. The molecule has 0 radical (unpaired) electrons. The summed E-state index contributed by atoms with van der Waals surface area (Å²) in [6.45, 7) is 3.52. The Labute approximate surface area is 86.3 Å². The molecular weight excluding hydrogens is 202 g/mol. The normalized spacial score (nSPS) is 26.1. The average molecular weight is 215 g/mol. The number of carbonyl (C=O) groups is 2. The van der Waals surface area contributed by atoms with Crippen LogP contribution in [0, 0.1) is 0 Å². The summed E-state index contributed by atoms with van der Waals surface area (Å²) >= 11 is 1.10. The van der Waals surface area contributed by atoms with Gasteiger partial charge in [-0.1, -0.05) is 18.7 Å². The Morgan fingerprint density at radius 3 is 2.29 bits per heavy atom. The first kappa shape index (κ1) is 10.9. The third-order valence-corrected chi connectivity index (χ3v) is 3.78. The SMILES string of the molecule is CCC1(C(N)=O)NC(C)=C(C(N)=O)S1. The van der Waals surface area contributed by atoms with Gasteiger partial charge in [-0.25, -0.2) is 0 Å². The van der Waals surface area contributed by atoms with Crippen molar-refractivity contribution in [2.24, 2.45) is 11.5 Å². The van der Waals surface area contributed by atoms with Crippen molar-refractivity contribution in [1.29, 1.82) is 0 Å². The number of nitrogens with two attached hydrogens (primary N) is 2. The van der Waals surface area contributed by atoms with Gasteiger partial charge >= 0.3 is 0 Å². The highest BCUT2D eigenvalue weighted by Gasteiger charge is 2.43. The Kier molecular flexibility index (Phi) is 2.75. The molecule has 0 bridgehead atoms. The molecule has 78 valence electrons. The van der Waals surface area contributed by atoms with Crippen LogP contribution in [0.2, 0.25) is 0 Å². The van der Waals surface area contributed by atoms with E-state index in [4.69, 9.17) is 11.5 Å². The quantitative estimate of drug-likeness (QED) is 0.598. The van der Waals surface area contributed by atoms with Crippen molar-refractivity contribution in [2.45, 2.75) is 25.1 Å². The number of amides is 2. The fourth-order valence-electron chi connectivity index (χ4n) is 1.32. The van der Waals surface area contributed by atoms with E-state index in [0.717, 1.165) is 11.8 Å². The lowest BCUT2D eigenvalue weighted by Gasteiger charge is -2.24. The minimum Gasteiger partial charge on any atom is -0.367 e. The monoisotopic (exact) mass is 215 g/mol. The lowest BCUT2D eigenvalue weighted by molar-refractivity contribution is -0.121. The summed E-state index contributed by atoms with van der Waals surface area (Å²) in [6.07, 6.45) is 0.501. The molecule has 1 rings (SSSR count). The molecular formula is C8H13N3O2S. The van der Waals surface area contributed by atoms with Crippen molar-refractivity contribution in [3.63, 3.8) is 0 Å². The molecule has 5 nitrogen and oxygen atoms in total. The van der Waals surface area contributed by atoms with Crippen molar-refractivity contribution in [1.82, 2.24) is 5.32 Å². The van der Waals surface area contributed by atoms with Crippen LogP contribution in [-0.4, -0.2) is 16.7 Å². The molecule has 1 aliphatic heterocycles. The fourth-order valence-corrected chi connectivity index (χ4v) is 2.42. The molecule has 6 heteroatoms. The summed E-state index contributed by atoms with van der Waals surface area (Å²) in [5.74, 6) is -1.02. The van der Waals surface area contributed by atoms with E-state index in [9.17, 15) is 9.59 Å². The molecule has 0 saturated carbocycles. The summed E-state index contributed by atoms with van der Waals surface area (Å²) < 4.78 is 0. The third-order valence-electron chi connectivity index (χ3n) is 2.13. The second-order valence-electron chi connectivity index (χ2n) is 3.09. The second kappa shape index (κ2) is 3.53.